The minimum atomic E-state index is -0.157. The van der Waals surface area contributed by atoms with Crippen molar-refractivity contribution in [2.75, 3.05) is 5.32 Å². The molecule has 0 aromatic heterocycles. The lowest BCUT2D eigenvalue weighted by molar-refractivity contribution is 0.839. The van der Waals surface area contributed by atoms with Crippen LogP contribution in [0.25, 0.3) is 0 Å². The Bertz CT molecular complexity index is 366. The molecule has 0 bridgehead atoms. The first-order valence-electron chi connectivity index (χ1n) is 5.38. The summed E-state index contributed by atoms with van der Waals surface area (Å²) in [6, 6.07) is 0.0441. The Morgan fingerprint density at radius 2 is 2.40 bits per heavy atom. The van der Waals surface area contributed by atoms with Crippen LogP contribution in [0.3, 0.4) is 0 Å². The highest BCUT2D eigenvalue weighted by Gasteiger charge is 2.14. The highest BCUT2D eigenvalue weighted by molar-refractivity contribution is 5.56. The van der Waals surface area contributed by atoms with E-state index in [4.69, 9.17) is 5.48 Å². The second-order valence-corrected chi connectivity index (χ2v) is 2.60. The Kier molecular flexibility index (Phi) is 0.593. The first kappa shape index (κ1) is 2.95. The summed E-state index contributed by atoms with van der Waals surface area (Å²) in [7, 11) is 0. The van der Waals surface area contributed by atoms with Crippen molar-refractivity contribution in [1.82, 2.24) is 0 Å². The van der Waals surface area contributed by atoms with E-state index in [9.17, 15) is 0 Å². The van der Waals surface area contributed by atoms with Gasteiger partial charge in [-0.3, -0.25) is 0 Å². The van der Waals surface area contributed by atoms with Gasteiger partial charge in [-0.05, 0) is 25.0 Å². The SMILES string of the molecule is [2H]c1c([2H])c([2H])c2c(c1[2H])CC(C)N2. The monoisotopic (exact) mass is 137 g/mol. The van der Waals surface area contributed by atoms with Gasteiger partial charge in [0.25, 0.3) is 0 Å². The van der Waals surface area contributed by atoms with Crippen LogP contribution in [-0.2, 0) is 6.42 Å². The molecule has 0 saturated carbocycles. The van der Waals surface area contributed by atoms with Crippen LogP contribution in [0.5, 0.6) is 0 Å². The molecule has 1 unspecified atom stereocenters. The van der Waals surface area contributed by atoms with E-state index in [1.54, 1.807) is 0 Å². The van der Waals surface area contributed by atoms with E-state index in [1.807, 2.05) is 6.92 Å². The van der Waals surface area contributed by atoms with Crippen molar-refractivity contribution in [2.45, 2.75) is 19.4 Å². The molecule has 0 aliphatic carbocycles. The Morgan fingerprint density at radius 3 is 3.30 bits per heavy atom. The van der Waals surface area contributed by atoms with E-state index in [-0.39, 0.29) is 30.2 Å². The van der Waals surface area contributed by atoms with Crippen molar-refractivity contribution >= 4 is 5.69 Å². The lowest BCUT2D eigenvalue weighted by Gasteiger charge is -2.00. The van der Waals surface area contributed by atoms with Crippen molar-refractivity contribution in [3.8, 4) is 0 Å². The van der Waals surface area contributed by atoms with Crippen LogP contribution in [0.2, 0.25) is 0 Å². The average molecular weight is 137 g/mol. The van der Waals surface area contributed by atoms with Crippen molar-refractivity contribution in [1.29, 1.82) is 0 Å². The summed E-state index contributed by atoms with van der Waals surface area (Å²) >= 11 is 0. The van der Waals surface area contributed by atoms with Crippen LogP contribution in [0.15, 0.2) is 24.2 Å². The molecule has 1 nitrogen and oxygen atoms in total. The quantitative estimate of drug-likeness (QED) is 0.577. The number of para-hydroxylation sites is 1. The van der Waals surface area contributed by atoms with Gasteiger partial charge in [0, 0.05) is 11.7 Å². The average Bonchev–Trinajstić information content (AvgIpc) is 2.54. The van der Waals surface area contributed by atoms with E-state index < -0.39 is 0 Å². The summed E-state index contributed by atoms with van der Waals surface area (Å²) in [5.74, 6) is 0. The Labute approximate surface area is 66.7 Å². The van der Waals surface area contributed by atoms with E-state index >= 15 is 0 Å². The lowest BCUT2D eigenvalue weighted by Crippen LogP contribution is -2.08. The predicted molar refractivity (Wildman–Crippen MR) is 43.2 cm³/mol. The summed E-state index contributed by atoms with van der Waals surface area (Å²) in [4.78, 5) is 0. The summed E-state index contributed by atoms with van der Waals surface area (Å²) in [6.07, 6.45) is 0.673. The van der Waals surface area contributed by atoms with Crippen molar-refractivity contribution < 1.29 is 5.48 Å². The van der Waals surface area contributed by atoms with Gasteiger partial charge in [0.15, 0.2) is 0 Å². The number of nitrogens with one attached hydrogen (secondary N) is 1. The maximum absolute atomic E-state index is 7.67. The molecule has 1 aliphatic rings. The summed E-state index contributed by atoms with van der Waals surface area (Å²) in [5, 5.41) is 3.06. The normalized spacial score (nSPS) is 27.5. The van der Waals surface area contributed by atoms with Crippen molar-refractivity contribution in [3.63, 3.8) is 0 Å². The molecule has 0 radical (unpaired) electrons. The fourth-order valence-corrected chi connectivity index (χ4v) is 1.22. The van der Waals surface area contributed by atoms with Gasteiger partial charge in [-0.25, -0.2) is 0 Å². The first-order valence-corrected chi connectivity index (χ1v) is 3.38. The predicted octanol–water partition coefficient (Wildman–Crippen LogP) is 2.04. The molecular formula is C9H11N. The van der Waals surface area contributed by atoms with Crippen LogP contribution < -0.4 is 5.32 Å². The minimum absolute atomic E-state index is 0.0466. The number of anilines is 1. The van der Waals surface area contributed by atoms with Crippen LogP contribution in [-0.4, -0.2) is 6.04 Å². The van der Waals surface area contributed by atoms with Crippen LogP contribution in [0, 0.1) is 0 Å². The van der Waals surface area contributed by atoms with E-state index in [1.165, 1.54) is 0 Å². The van der Waals surface area contributed by atoms with E-state index in [0.717, 1.165) is 0 Å². The van der Waals surface area contributed by atoms with Crippen LogP contribution in [0.4, 0.5) is 5.69 Å². The molecular weight excluding hydrogens is 122 g/mol. The molecule has 52 valence electrons. The maximum atomic E-state index is 7.67. The summed E-state index contributed by atoms with van der Waals surface area (Å²) in [6.45, 7) is 1.96. The molecule has 0 spiro atoms. The molecule has 1 aromatic rings. The summed E-state index contributed by atoms with van der Waals surface area (Å²) in [5.41, 5.74) is 1.28. The van der Waals surface area contributed by atoms with Gasteiger partial charge in [-0.1, -0.05) is 18.1 Å². The highest BCUT2D eigenvalue weighted by Crippen LogP contribution is 2.24. The van der Waals surface area contributed by atoms with Crippen LogP contribution >= 0.6 is 0 Å². The smallest absolute Gasteiger partial charge is 0.0645 e. The largest absolute Gasteiger partial charge is 0.382 e. The molecule has 1 atom stereocenters. The summed E-state index contributed by atoms with van der Waals surface area (Å²) < 4.78 is 30.3. The molecule has 0 fully saturated rings. The maximum Gasteiger partial charge on any atom is 0.0645 e. The standard InChI is InChI=1S/C9H11N/c1-7-6-8-4-2-3-5-9(8)10-7/h2-5,7,10H,6H2,1H3/i2D,3D,4D,5D. The molecule has 1 heteroatoms. The van der Waals surface area contributed by atoms with Gasteiger partial charge in [0.2, 0.25) is 0 Å². The number of benzene rings is 1. The molecule has 1 heterocycles. The first-order chi connectivity index (χ1) is 6.52. The molecule has 10 heavy (non-hydrogen) atoms. The Morgan fingerprint density at radius 1 is 1.60 bits per heavy atom. The lowest BCUT2D eigenvalue weighted by atomic mass is 10.1. The zero-order valence-corrected chi connectivity index (χ0v) is 5.78. The minimum Gasteiger partial charge on any atom is -0.382 e. The molecule has 0 saturated heterocycles. The number of hydrogen-bond acceptors (Lipinski definition) is 1. The topological polar surface area (TPSA) is 12.0 Å². The Hall–Kier alpha value is -0.980. The third-order valence-corrected chi connectivity index (χ3v) is 1.67. The van der Waals surface area contributed by atoms with Gasteiger partial charge in [0.05, 0.1) is 5.48 Å². The zero-order valence-electron chi connectivity index (χ0n) is 9.78. The molecule has 1 N–H and O–H groups in total. The van der Waals surface area contributed by atoms with Crippen molar-refractivity contribution in [2.24, 2.45) is 0 Å². The number of rotatable bonds is 0. The third-order valence-electron chi connectivity index (χ3n) is 1.67. The van der Waals surface area contributed by atoms with Gasteiger partial charge in [0.1, 0.15) is 0 Å². The second-order valence-electron chi connectivity index (χ2n) is 2.60. The van der Waals surface area contributed by atoms with Gasteiger partial charge >= 0.3 is 0 Å². The number of fused-ring (bicyclic) bond motifs is 1. The van der Waals surface area contributed by atoms with Gasteiger partial charge < -0.3 is 5.32 Å². The fraction of sp³-hybridized carbons (Fsp3) is 0.333. The Balaban J connectivity index is 2.70. The van der Waals surface area contributed by atoms with E-state index in [0.29, 0.717) is 17.7 Å². The molecule has 1 aromatic carbocycles. The van der Waals surface area contributed by atoms with Gasteiger partial charge in [-0.2, -0.15) is 0 Å². The zero-order chi connectivity index (χ0) is 10.5. The van der Waals surface area contributed by atoms with Crippen molar-refractivity contribution in [3.05, 3.63) is 29.7 Å². The van der Waals surface area contributed by atoms with Crippen LogP contribution in [0.1, 0.15) is 18.0 Å². The molecule has 1 aliphatic heterocycles. The molecule has 2 rings (SSSR count). The fourth-order valence-electron chi connectivity index (χ4n) is 1.22. The van der Waals surface area contributed by atoms with Gasteiger partial charge in [-0.15, -0.1) is 0 Å². The number of hydrogen-bond donors (Lipinski definition) is 1. The second kappa shape index (κ2) is 2.01. The third kappa shape index (κ3) is 0.783. The molecule has 0 amide bonds. The van der Waals surface area contributed by atoms with E-state index in [2.05, 4.69) is 5.32 Å². The highest BCUT2D eigenvalue weighted by atomic mass is 14.9.